The molecule has 0 aliphatic carbocycles. The number of hydrogen-bond acceptors (Lipinski definition) is 4. The summed E-state index contributed by atoms with van der Waals surface area (Å²) < 4.78 is 0. The minimum absolute atomic E-state index is 0.0595. The normalized spacial score (nSPS) is 18.9. The van der Waals surface area contributed by atoms with Crippen molar-refractivity contribution in [3.8, 4) is 0 Å². The fourth-order valence-electron chi connectivity index (χ4n) is 1.39. The highest BCUT2D eigenvalue weighted by Crippen LogP contribution is 2.31. The van der Waals surface area contributed by atoms with Crippen LogP contribution in [0.4, 0.5) is 11.4 Å². The summed E-state index contributed by atoms with van der Waals surface area (Å²) in [5.41, 5.74) is 6.49. The molecular formula is C8H7N3O3. The third-order valence-corrected chi connectivity index (χ3v) is 2.12. The summed E-state index contributed by atoms with van der Waals surface area (Å²) in [6.45, 7) is 0. The summed E-state index contributed by atoms with van der Waals surface area (Å²) in [6.07, 6.45) is 0. The first kappa shape index (κ1) is 8.64. The summed E-state index contributed by atoms with van der Waals surface area (Å²) in [7, 11) is 0. The zero-order valence-corrected chi connectivity index (χ0v) is 7.06. The van der Waals surface area contributed by atoms with Gasteiger partial charge in [0.05, 0.1) is 4.92 Å². The summed E-state index contributed by atoms with van der Waals surface area (Å²) >= 11 is 0. The maximum Gasteiger partial charge on any atom is 0.269 e. The van der Waals surface area contributed by atoms with E-state index in [2.05, 4.69) is 5.32 Å². The smallest absolute Gasteiger partial charge is 0.269 e. The van der Waals surface area contributed by atoms with E-state index in [0.29, 0.717) is 11.3 Å². The minimum atomic E-state index is -0.801. The number of carbonyl (C=O) groups is 1. The third-order valence-electron chi connectivity index (χ3n) is 2.12. The molecule has 2 rings (SSSR count). The van der Waals surface area contributed by atoms with Crippen molar-refractivity contribution in [1.82, 2.24) is 0 Å². The van der Waals surface area contributed by atoms with E-state index >= 15 is 0 Å². The van der Waals surface area contributed by atoms with Gasteiger partial charge in [0.1, 0.15) is 6.04 Å². The molecule has 72 valence electrons. The zero-order valence-electron chi connectivity index (χ0n) is 7.06. The number of benzene rings is 1. The number of fused-ring (bicyclic) bond motifs is 1. The highest BCUT2D eigenvalue weighted by atomic mass is 16.6. The number of rotatable bonds is 1. The second-order valence-corrected chi connectivity index (χ2v) is 3.00. The van der Waals surface area contributed by atoms with Crippen molar-refractivity contribution in [2.24, 2.45) is 5.73 Å². The monoisotopic (exact) mass is 193 g/mol. The predicted molar refractivity (Wildman–Crippen MR) is 48.7 cm³/mol. The van der Waals surface area contributed by atoms with Crippen molar-refractivity contribution in [2.45, 2.75) is 6.04 Å². The number of anilines is 1. The van der Waals surface area contributed by atoms with E-state index < -0.39 is 11.0 Å². The number of carbonyl (C=O) groups excluding carboxylic acids is 1. The Kier molecular flexibility index (Phi) is 1.71. The van der Waals surface area contributed by atoms with Gasteiger partial charge in [-0.2, -0.15) is 0 Å². The molecule has 0 fully saturated rings. The Morgan fingerprint density at radius 2 is 2.21 bits per heavy atom. The van der Waals surface area contributed by atoms with Crippen LogP contribution in [0.3, 0.4) is 0 Å². The average molecular weight is 193 g/mol. The number of nitrogens with two attached hydrogens (primary N) is 1. The van der Waals surface area contributed by atoms with Crippen LogP contribution in [0.5, 0.6) is 0 Å². The Hall–Kier alpha value is -1.95. The van der Waals surface area contributed by atoms with E-state index in [1.54, 1.807) is 0 Å². The minimum Gasteiger partial charge on any atom is -0.324 e. The van der Waals surface area contributed by atoms with Gasteiger partial charge in [0.15, 0.2) is 0 Å². The molecule has 0 aromatic heterocycles. The first-order valence-corrected chi connectivity index (χ1v) is 3.94. The molecule has 3 N–H and O–H groups in total. The van der Waals surface area contributed by atoms with Crippen molar-refractivity contribution in [3.63, 3.8) is 0 Å². The van der Waals surface area contributed by atoms with Gasteiger partial charge >= 0.3 is 0 Å². The second-order valence-electron chi connectivity index (χ2n) is 3.00. The lowest BCUT2D eigenvalue weighted by Gasteiger charge is -1.99. The molecule has 1 aliphatic heterocycles. The maximum atomic E-state index is 11.1. The highest BCUT2D eigenvalue weighted by molar-refractivity contribution is 6.02. The molecule has 6 nitrogen and oxygen atoms in total. The Bertz CT molecular complexity index is 430. The van der Waals surface area contributed by atoms with E-state index in [9.17, 15) is 14.9 Å². The van der Waals surface area contributed by atoms with Crippen LogP contribution in [-0.4, -0.2) is 10.8 Å². The molecule has 6 heteroatoms. The van der Waals surface area contributed by atoms with Gasteiger partial charge in [0.2, 0.25) is 5.91 Å². The third kappa shape index (κ3) is 1.12. The Morgan fingerprint density at radius 1 is 1.50 bits per heavy atom. The van der Waals surface area contributed by atoms with Crippen molar-refractivity contribution >= 4 is 17.3 Å². The molecule has 1 aromatic rings. The quantitative estimate of drug-likeness (QED) is 0.502. The van der Waals surface area contributed by atoms with Crippen LogP contribution in [0.25, 0.3) is 0 Å². The van der Waals surface area contributed by atoms with Crippen LogP contribution >= 0.6 is 0 Å². The number of non-ortho nitro benzene ring substituents is 1. The molecule has 0 spiro atoms. The lowest BCUT2D eigenvalue weighted by Crippen LogP contribution is -2.19. The van der Waals surface area contributed by atoms with E-state index in [4.69, 9.17) is 5.73 Å². The molecule has 1 aliphatic rings. The van der Waals surface area contributed by atoms with E-state index in [1.165, 1.54) is 18.2 Å². The van der Waals surface area contributed by atoms with Gasteiger partial charge in [-0.05, 0) is 6.07 Å². The van der Waals surface area contributed by atoms with Gasteiger partial charge in [-0.1, -0.05) is 0 Å². The first-order valence-electron chi connectivity index (χ1n) is 3.94. The molecule has 0 bridgehead atoms. The van der Waals surface area contributed by atoms with Gasteiger partial charge in [-0.15, -0.1) is 0 Å². The topological polar surface area (TPSA) is 98.3 Å². The van der Waals surface area contributed by atoms with Gasteiger partial charge in [-0.25, -0.2) is 0 Å². The largest absolute Gasteiger partial charge is 0.324 e. The van der Waals surface area contributed by atoms with Crippen molar-refractivity contribution in [2.75, 3.05) is 5.32 Å². The molecule has 1 aromatic carbocycles. The van der Waals surface area contributed by atoms with Gasteiger partial charge in [0, 0.05) is 23.4 Å². The average Bonchev–Trinajstić information content (AvgIpc) is 2.43. The first-order chi connectivity index (χ1) is 6.59. The summed E-state index contributed by atoms with van der Waals surface area (Å²) in [6, 6.07) is 3.33. The highest BCUT2D eigenvalue weighted by Gasteiger charge is 2.28. The fourth-order valence-corrected chi connectivity index (χ4v) is 1.39. The molecule has 0 radical (unpaired) electrons. The van der Waals surface area contributed by atoms with Crippen LogP contribution in [-0.2, 0) is 4.79 Å². The fraction of sp³-hybridized carbons (Fsp3) is 0.125. The lowest BCUT2D eigenvalue weighted by molar-refractivity contribution is -0.384. The number of hydrogen-bond donors (Lipinski definition) is 2. The van der Waals surface area contributed by atoms with Crippen LogP contribution in [0.2, 0.25) is 0 Å². The number of amides is 1. The van der Waals surface area contributed by atoms with E-state index in [1.807, 2.05) is 0 Å². The SMILES string of the molecule is NC1C(=O)Nc2ccc([N+](=O)[O-])cc21. The summed E-state index contributed by atoms with van der Waals surface area (Å²) in [4.78, 5) is 21.0. The summed E-state index contributed by atoms with van der Waals surface area (Å²) in [5, 5.41) is 13.0. The molecule has 1 atom stereocenters. The molecule has 1 amide bonds. The molecule has 14 heavy (non-hydrogen) atoms. The lowest BCUT2D eigenvalue weighted by atomic mass is 10.1. The number of nitrogens with zero attached hydrogens (tertiary/aromatic N) is 1. The van der Waals surface area contributed by atoms with Crippen molar-refractivity contribution < 1.29 is 9.72 Å². The summed E-state index contributed by atoms with van der Waals surface area (Å²) in [5.74, 6) is -0.333. The van der Waals surface area contributed by atoms with E-state index in [0.717, 1.165) is 0 Å². The van der Waals surface area contributed by atoms with Crippen LogP contribution < -0.4 is 11.1 Å². The number of nitrogens with one attached hydrogen (secondary N) is 1. The van der Waals surface area contributed by atoms with Crippen LogP contribution in [0.1, 0.15) is 11.6 Å². The molecule has 0 saturated carbocycles. The van der Waals surface area contributed by atoms with Gasteiger partial charge in [0.25, 0.3) is 5.69 Å². The Balaban J connectivity index is 2.51. The molecule has 1 heterocycles. The maximum absolute atomic E-state index is 11.1. The Labute approximate surface area is 78.9 Å². The molecular weight excluding hydrogens is 186 g/mol. The Morgan fingerprint density at radius 3 is 2.86 bits per heavy atom. The van der Waals surface area contributed by atoms with Crippen molar-refractivity contribution in [1.29, 1.82) is 0 Å². The van der Waals surface area contributed by atoms with Gasteiger partial charge in [-0.3, -0.25) is 14.9 Å². The predicted octanol–water partition coefficient (Wildman–Crippen LogP) is 0.547. The van der Waals surface area contributed by atoms with Crippen LogP contribution in [0.15, 0.2) is 18.2 Å². The van der Waals surface area contributed by atoms with Crippen molar-refractivity contribution in [3.05, 3.63) is 33.9 Å². The number of nitro benzene ring substituents is 1. The van der Waals surface area contributed by atoms with Gasteiger partial charge < -0.3 is 11.1 Å². The number of nitro groups is 1. The zero-order chi connectivity index (χ0) is 10.3. The standard InChI is InChI=1S/C8H7N3O3/c9-7-5-3-4(11(13)14)1-2-6(5)10-8(7)12/h1-3,7H,9H2,(H,10,12). The van der Waals surface area contributed by atoms with E-state index in [-0.39, 0.29) is 11.6 Å². The molecule has 1 unspecified atom stereocenters. The second kappa shape index (κ2) is 2.78. The molecule has 0 saturated heterocycles. The van der Waals surface area contributed by atoms with Crippen LogP contribution in [0, 0.1) is 10.1 Å².